The highest BCUT2D eigenvalue weighted by molar-refractivity contribution is 7.71. The highest BCUT2D eigenvalue weighted by Crippen LogP contribution is 2.18. The first-order valence-corrected chi connectivity index (χ1v) is 6.58. The third-order valence-electron chi connectivity index (χ3n) is 2.89. The van der Waals surface area contributed by atoms with Gasteiger partial charge in [-0.1, -0.05) is 6.92 Å². The second-order valence-corrected chi connectivity index (χ2v) is 5.03. The molecule has 0 amide bonds. The van der Waals surface area contributed by atoms with E-state index in [1.807, 2.05) is 0 Å². The van der Waals surface area contributed by atoms with Crippen LogP contribution < -0.4 is 4.90 Å². The van der Waals surface area contributed by atoms with Crippen LogP contribution in [-0.2, 0) is 11.3 Å². The van der Waals surface area contributed by atoms with Crippen LogP contribution in [0.25, 0.3) is 0 Å². The van der Waals surface area contributed by atoms with E-state index in [9.17, 15) is 0 Å². The fraction of sp³-hybridized carbons (Fsp3) is 0.818. The number of hydrogen-bond acceptors (Lipinski definition) is 4. The summed E-state index contributed by atoms with van der Waals surface area (Å²) in [4.78, 5) is 2.25. The number of anilines is 1. The molecule has 1 fully saturated rings. The van der Waals surface area contributed by atoms with Crippen molar-refractivity contribution in [3.8, 4) is 0 Å². The van der Waals surface area contributed by atoms with Gasteiger partial charge in [0, 0.05) is 19.6 Å². The predicted octanol–water partition coefficient (Wildman–Crippen LogP) is 1.96. The molecule has 2 heterocycles. The van der Waals surface area contributed by atoms with E-state index >= 15 is 0 Å². The van der Waals surface area contributed by atoms with Gasteiger partial charge in [-0.2, -0.15) is 0 Å². The molecule has 5 nitrogen and oxygen atoms in total. The van der Waals surface area contributed by atoms with Gasteiger partial charge in [0.1, 0.15) is 0 Å². The van der Waals surface area contributed by atoms with E-state index < -0.39 is 0 Å². The van der Waals surface area contributed by atoms with E-state index in [1.165, 1.54) is 0 Å². The molecule has 0 radical (unpaired) electrons. The van der Waals surface area contributed by atoms with Gasteiger partial charge in [-0.05, 0) is 32.5 Å². The molecule has 0 saturated carbocycles. The maximum atomic E-state index is 5.73. The molecule has 0 aliphatic carbocycles. The first-order chi connectivity index (χ1) is 8.11. The topological polar surface area (TPSA) is 46.1 Å². The molecule has 0 bridgehead atoms. The lowest BCUT2D eigenvalue weighted by Crippen LogP contribution is -2.46. The molecule has 17 heavy (non-hydrogen) atoms. The minimum Gasteiger partial charge on any atom is -0.372 e. The Labute approximate surface area is 107 Å². The first kappa shape index (κ1) is 12.6. The maximum Gasteiger partial charge on any atom is 0.225 e. The zero-order chi connectivity index (χ0) is 12.4. The number of morpholine rings is 1. The number of ether oxygens (including phenoxy) is 1. The zero-order valence-corrected chi connectivity index (χ0v) is 11.5. The molecule has 0 spiro atoms. The summed E-state index contributed by atoms with van der Waals surface area (Å²) in [6.45, 7) is 8.97. The summed E-state index contributed by atoms with van der Waals surface area (Å²) in [5.74, 6) is 0.943. The van der Waals surface area contributed by atoms with Crippen LogP contribution in [0.4, 0.5) is 5.95 Å². The number of H-pyrrole nitrogens is 1. The highest BCUT2D eigenvalue weighted by Gasteiger charge is 2.25. The van der Waals surface area contributed by atoms with E-state index in [4.69, 9.17) is 17.0 Å². The first-order valence-electron chi connectivity index (χ1n) is 6.17. The summed E-state index contributed by atoms with van der Waals surface area (Å²) >= 11 is 5.25. The summed E-state index contributed by atoms with van der Waals surface area (Å²) in [5.41, 5.74) is 0. The van der Waals surface area contributed by atoms with Gasteiger partial charge in [-0.15, -0.1) is 5.10 Å². The normalized spacial score (nSPS) is 25.2. The van der Waals surface area contributed by atoms with Gasteiger partial charge in [-0.3, -0.25) is 4.57 Å². The summed E-state index contributed by atoms with van der Waals surface area (Å²) in [6.07, 6.45) is 1.52. The number of aromatic amines is 1. The molecule has 0 aromatic carbocycles. The second-order valence-electron chi connectivity index (χ2n) is 4.64. The molecule has 96 valence electrons. The van der Waals surface area contributed by atoms with E-state index in [0.29, 0.717) is 4.77 Å². The van der Waals surface area contributed by atoms with Crippen molar-refractivity contribution in [1.82, 2.24) is 14.8 Å². The molecule has 2 atom stereocenters. The van der Waals surface area contributed by atoms with Crippen LogP contribution in [-0.4, -0.2) is 40.1 Å². The van der Waals surface area contributed by atoms with Gasteiger partial charge in [0.2, 0.25) is 5.95 Å². The second kappa shape index (κ2) is 5.18. The Bertz CT molecular complexity index is 417. The van der Waals surface area contributed by atoms with Crippen molar-refractivity contribution in [2.24, 2.45) is 0 Å². The van der Waals surface area contributed by atoms with E-state index in [-0.39, 0.29) is 12.2 Å². The monoisotopic (exact) mass is 256 g/mol. The van der Waals surface area contributed by atoms with Gasteiger partial charge in [0.25, 0.3) is 0 Å². The SMILES string of the molecule is CCCn1c(N2C[C@@H](C)O[C@@H](C)C2)n[nH]c1=S. The van der Waals surface area contributed by atoms with Crippen LogP contribution in [0.5, 0.6) is 0 Å². The van der Waals surface area contributed by atoms with Crippen LogP contribution in [0.2, 0.25) is 0 Å². The number of nitrogens with zero attached hydrogens (tertiary/aromatic N) is 3. The molecular formula is C11H20N4OS. The summed E-state index contributed by atoms with van der Waals surface area (Å²) in [6, 6.07) is 0. The van der Waals surface area contributed by atoms with E-state index in [2.05, 4.69) is 40.4 Å². The van der Waals surface area contributed by atoms with Crippen LogP contribution in [0.1, 0.15) is 27.2 Å². The lowest BCUT2D eigenvalue weighted by atomic mass is 10.2. The highest BCUT2D eigenvalue weighted by atomic mass is 32.1. The minimum absolute atomic E-state index is 0.235. The van der Waals surface area contributed by atoms with Crippen molar-refractivity contribution in [1.29, 1.82) is 0 Å². The predicted molar refractivity (Wildman–Crippen MR) is 69.9 cm³/mol. The average Bonchev–Trinajstić information content (AvgIpc) is 2.60. The Balaban J connectivity index is 2.24. The molecule has 6 heteroatoms. The van der Waals surface area contributed by atoms with Crippen LogP contribution in [0.15, 0.2) is 0 Å². The molecule has 1 aliphatic rings. The molecular weight excluding hydrogens is 236 g/mol. The molecule has 0 unspecified atom stereocenters. The lowest BCUT2D eigenvalue weighted by molar-refractivity contribution is -0.00592. The van der Waals surface area contributed by atoms with E-state index in [0.717, 1.165) is 32.0 Å². The van der Waals surface area contributed by atoms with E-state index in [1.54, 1.807) is 0 Å². The number of rotatable bonds is 3. The molecule has 1 aromatic heterocycles. The maximum absolute atomic E-state index is 5.73. The van der Waals surface area contributed by atoms with Crippen LogP contribution >= 0.6 is 12.2 Å². The van der Waals surface area contributed by atoms with Crippen molar-refractivity contribution in [2.75, 3.05) is 18.0 Å². The Morgan fingerprint density at radius 2 is 2.06 bits per heavy atom. The Morgan fingerprint density at radius 1 is 1.41 bits per heavy atom. The minimum atomic E-state index is 0.235. The number of nitrogens with one attached hydrogen (secondary N) is 1. The molecule has 1 aliphatic heterocycles. The zero-order valence-electron chi connectivity index (χ0n) is 10.6. The molecule has 1 N–H and O–H groups in total. The molecule has 1 saturated heterocycles. The van der Waals surface area contributed by atoms with Gasteiger partial charge in [-0.25, -0.2) is 5.10 Å². The Kier molecular flexibility index (Phi) is 3.83. The van der Waals surface area contributed by atoms with Crippen molar-refractivity contribution in [3.63, 3.8) is 0 Å². The quantitative estimate of drug-likeness (QED) is 0.840. The van der Waals surface area contributed by atoms with Crippen molar-refractivity contribution in [2.45, 2.75) is 45.9 Å². The largest absolute Gasteiger partial charge is 0.372 e. The van der Waals surface area contributed by atoms with Crippen LogP contribution in [0.3, 0.4) is 0 Å². The fourth-order valence-electron chi connectivity index (χ4n) is 2.32. The lowest BCUT2D eigenvalue weighted by Gasteiger charge is -2.35. The fourth-order valence-corrected chi connectivity index (χ4v) is 2.54. The number of hydrogen-bond donors (Lipinski definition) is 1. The Morgan fingerprint density at radius 3 is 2.65 bits per heavy atom. The van der Waals surface area contributed by atoms with Gasteiger partial charge in [0.15, 0.2) is 4.77 Å². The smallest absolute Gasteiger partial charge is 0.225 e. The summed E-state index contributed by atoms with van der Waals surface area (Å²) in [7, 11) is 0. The molecule has 1 aromatic rings. The average molecular weight is 256 g/mol. The Hall–Kier alpha value is -0.880. The van der Waals surface area contributed by atoms with Crippen molar-refractivity contribution < 1.29 is 4.74 Å². The standard InChI is InChI=1S/C11H20N4OS/c1-4-5-15-10(12-13-11(15)17)14-6-8(2)16-9(3)7-14/h8-9H,4-7H2,1-3H3,(H,13,17)/t8-,9+. The van der Waals surface area contributed by atoms with Gasteiger partial charge in [0.05, 0.1) is 12.2 Å². The van der Waals surface area contributed by atoms with Crippen molar-refractivity contribution >= 4 is 18.2 Å². The van der Waals surface area contributed by atoms with Crippen molar-refractivity contribution in [3.05, 3.63) is 4.77 Å². The third kappa shape index (κ3) is 2.69. The third-order valence-corrected chi connectivity index (χ3v) is 3.20. The molecule has 2 rings (SSSR count). The van der Waals surface area contributed by atoms with Gasteiger partial charge < -0.3 is 9.64 Å². The summed E-state index contributed by atoms with van der Waals surface area (Å²) in [5, 5.41) is 7.23. The summed E-state index contributed by atoms with van der Waals surface area (Å²) < 4.78 is 8.50. The van der Waals surface area contributed by atoms with Crippen LogP contribution in [0, 0.1) is 4.77 Å². The number of aromatic nitrogens is 3. The van der Waals surface area contributed by atoms with Gasteiger partial charge >= 0.3 is 0 Å².